The van der Waals surface area contributed by atoms with Crippen molar-refractivity contribution in [3.05, 3.63) is 12.4 Å². The van der Waals surface area contributed by atoms with Gasteiger partial charge in [-0.25, -0.2) is 12.7 Å². The molecule has 0 saturated heterocycles. The molecule has 1 aromatic rings. The summed E-state index contributed by atoms with van der Waals surface area (Å²) >= 11 is 0. The van der Waals surface area contributed by atoms with E-state index in [-0.39, 0.29) is 10.9 Å². The van der Waals surface area contributed by atoms with Crippen LogP contribution in [0.25, 0.3) is 0 Å². The first kappa shape index (κ1) is 13.1. The maximum Gasteiger partial charge on any atom is 0.245 e. The molecule has 2 N–H and O–H groups in total. The summed E-state index contributed by atoms with van der Waals surface area (Å²) in [6.07, 6.45) is 3.46. The molecule has 0 spiro atoms. The molecule has 1 rings (SSSR count). The van der Waals surface area contributed by atoms with E-state index in [1.165, 1.54) is 21.4 Å². The van der Waals surface area contributed by atoms with Crippen LogP contribution < -0.4 is 5.73 Å². The molecule has 0 aliphatic heterocycles. The molecule has 0 bridgehead atoms. The topological polar surface area (TPSA) is 81.2 Å². The van der Waals surface area contributed by atoms with Crippen LogP contribution in [0.2, 0.25) is 0 Å². The second kappa shape index (κ2) is 4.94. The Balaban J connectivity index is 2.78. The van der Waals surface area contributed by atoms with Crippen molar-refractivity contribution in [1.29, 1.82) is 0 Å². The number of hydrogen-bond acceptors (Lipinski definition) is 4. The number of aromatic nitrogens is 2. The van der Waals surface area contributed by atoms with E-state index >= 15 is 0 Å². The molecule has 0 saturated carbocycles. The molecule has 6 nitrogen and oxygen atoms in total. The standard InChI is InChI=1S/C9H18N4O2S/c1-8(10)4-5-13(3)16(14,15)9-6-11-12(2)7-9/h6-8H,4-5,10H2,1-3H3. The van der Waals surface area contributed by atoms with Crippen LogP contribution >= 0.6 is 0 Å². The van der Waals surface area contributed by atoms with E-state index in [4.69, 9.17) is 5.73 Å². The highest BCUT2D eigenvalue weighted by Crippen LogP contribution is 2.12. The van der Waals surface area contributed by atoms with Gasteiger partial charge in [0.1, 0.15) is 4.90 Å². The molecule has 0 aliphatic rings. The second-order valence-corrected chi connectivity index (χ2v) is 5.99. The Morgan fingerprint density at radius 1 is 1.62 bits per heavy atom. The highest BCUT2D eigenvalue weighted by Gasteiger charge is 2.21. The molecule has 0 aromatic carbocycles. The molecule has 16 heavy (non-hydrogen) atoms. The molecule has 0 aliphatic carbocycles. The summed E-state index contributed by atoms with van der Waals surface area (Å²) in [7, 11) is -0.192. The van der Waals surface area contributed by atoms with Crippen LogP contribution in [-0.2, 0) is 17.1 Å². The van der Waals surface area contributed by atoms with Gasteiger partial charge in [0.05, 0.1) is 6.20 Å². The van der Waals surface area contributed by atoms with Crippen LogP contribution in [0.4, 0.5) is 0 Å². The van der Waals surface area contributed by atoms with Gasteiger partial charge in [0.2, 0.25) is 10.0 Å². The summed E-state index contributed by atoms with van der Waals surface area (Å²) in [5, 5.41) is 3.85. The molecule has 1 unspecified atom stereocenters. The minimum absolute atomic E-state index is 0.00783. The first-order valence-electron chi connectivity index (χ1n) is 5.04. The van der Waals surface area contributed by atoms with Crippen molar-refractivity contribution in [3.63, 3.8) is 0 Å². The Kier molecular flexibility index (Phi) is 4.06. The molecule has 7 heteroatoms. The fourth-order valence-corrected chi connectivity index (χ4v) is 2.39. The number of rotatable bonds is 5. The van der Waals surface area contributed by atoms with Gasteiger partial charge >= 0.3 is 0 Å². The SMILES string of the molecule is CC(N)CCN(C)S(=O)(=O)c1cnn(C)c1. The maximum atomic E-state index is 12.0. The number of hydrogen-bond donors (Lipinski definition) is 1. The average molecular weight is 246 g/mol. The lowest BCUT2D eigenvalue weighted by Gasteiger charge is -2.16. The lowest BCUT2D eigenvalue weighted by atomic mass is 10.2. The van der Waals surface area contributed by atoms with Crippen LogP contribution in [-0.4, -0.2) is 42.1 Å². The van der Waals surface area contributed by atoms with Gasteiger partial charge in [-0.3, -0.25) is 4.68 Å². The van der Waals surface area contributed by atoms with Gasteiger partial charge in [-0.15, -0.1) is 0 Å². The zero-order valence-electron chi connectivity index (χ0n) is 9.79. The molecule has 92 valence electrons. The van der Waals surface area contributed by atoms with Gasteiger partial charge in [-0.2, -0.15) is 5.10 Å². The van der Waals surface area contributed by atoms with E-state index in [1.54, 1.807) is 14.1 Å². The Bertz CT molecular complexity index is 438. The normalized spacial score (nSPS) is 14.3. The third-order valence-electron chi connectivity index (χ3n) is 2.29. The highest BCUT2D eigenvalue weighted by atomic mass is 32.2. The van der Waals surface area contributed by atoms with Gasteiger partial charge in [0, 0.05) is 32.9 Å². The summed E-state index contributed by atoms with van der Waals surface area (Å²) in [5.74, 6) is 0. The summed E-state index contributed by atoms with van der Waals surface area (Å²) in [4.78, 5) is 0.210. The van der Waals surface area contributed by atoms with Crippen LogP contribution in [0.1, 0.15) is 13.3 Å². The monoisotopic (exact) mass is 246 g/mol. The molecule has 0 fully saturated rings. The zero-order chi connectivity index (χ0) is 12.3. The quantitative estimate of drug-likeness (QED) is 0.778. The third-order valence-corrected chi connectivity index (χ3v) is 4.10. The van der Waals surface area contributed by atoms with E-state index in [0.717, 1.165) is 0 Å². The van der Waals surface area contributed by atoms with Crippen molar-refractivity contribution in [2.45, 2.75) is 24.3 Å². The molecule has 1 aromatic heterocycles. The molecule has 1 atom stereocenters. The number of aryl methyl sites for hydroxylation is 1. The Hall–Kier alpha value is -0.920. The zero-order valence-corrected chi connectivity index (χ0v) is 10.6. The van der Waals surface area contributed by atoms with Gasteiger partial charge in [-0.05, 0) is 13.3 Å². The second-order valence-electron chi connectivity index (χ2n) is 3.94. The Morgan fingerprint density at radius 2 is 2.25 bits per heavy atom. The summed E-state index contributed by atoms with van der Waals surface area (Å²) in [5.41, 5.74) is 5.59. The predicted octanol–water partition coefficient (Wildman–Crippen LogP) is -0.222. The van der Waals surface area contributed by atoms with E-state index in [1.807, 2.05) is 6.92 Å². The predicted molar refractivity (Wildman–Crippen MR) is 61.3 cm³/mol. The summed E-state index contributed by atoms with van der Waals surface area (Å²) in [6.45, 7) is 2.26. The van der Waals surface area contributed by atoms with Crippen molar-refractivity contribution in [1.82, 2.24) is 14.1 Å². The molecular weight excluding hydrogens is 228 g/mol. The van der Waals surface area contributed by atoms with Crippen LogP contribution in [0, 0.1) is 0 Å². The fraction of sp³-hybridized carbons (Fsp3) is 0.667. The van der Waals surface area contributed by atoms with Crippen molar-refractivity contribution >= 4 is 10.0 Å². The smallest absolute Gasteiger partial charge is 0.245 e. The largest absolute Gasteiger partial charge is 0.328 e. The summed E-state index contributed by atoms with van der Waals surface area (Å²) < 4.78 is 26.7. The molecule has 1 heterocycles. The molecular formula is C9H18N4O2S. The lowest BCUT2D eigenvalue weighted by molar-refractivity contribution is 0.446. The Labute approximate surface area is 96.1 Å². The van der Waals surface area contributed by atoms with Gasteiger partial charge < -0.3 is 5.73 Å². The number of nitrogens with zero attached hydrogens (tertiary/aromatic N) is 3. The fourth-order valence-electron chi connectivity index (χ4n) is 1.22. The minimum atomic E-state index is -3.42. The Morgan fingerprint density at radius 3 is 2.69 bits per heavy atom. The van der Waals surface area contributed by atoms with Gasteiger partial charge in [0.15, 0.2) is 0 Å². The number of sulfonamides is 1. The van der Waals surface area contributed by atoms with Crippen LogP contribution in [0.5, 0.6) is 0 Å². The van der Waals surface area contributed by atoms with Crippen molar-refractivity contribution in [3.8, 4) is 0 Å². The number of nitrogens with two attached hydrogens (primary N) is 1. The van der Waals surface area contributed by atoms with E-state index in [9.17, 15) is 8.42 Å². The van der Waals surface area contributed by atoms with E-state index < -0.39 is 10.0 Å². The third kappa shape index (κ3) is 3.03. The van der Waals surface area contributed by atoms with Crippen molar-refractivity contribution in [2.24, 2.45) is 12.8 Å². The van der Waals surface area contributed by atoms with Crippen molar-refractivity contribution < 1.29 is 8.42 Å². The minimum Gasteiger partial charge on any atom is -0.328 e. The molecule has 0 amide bonds. The highest BCUT2D eigenvalue weighted by molar-refractivity contribution is 7.89. The van der Waals surface area contributed by atoms with E-state index in [0.29, 0.717) is 13.0 Å². The summed E-state index contributed by atoms with van der Waals surface area (Å²) in [6, 6.07) is -0.00783. The molecule has 0 radical (unpaired) electrons. The van der Waals surface area contributed by atoms with E-state index in [2.05, 4.69) is 5.10 Å². The van der Waals surface area contributed by atoms with Gasteiger partial charge in [0.25, 0.3) is 0 Å². The average Bonchev–Trinajstić information content (AvgIpc) is 2.61. The lowest BCUT2D eigenvalue weighted by Crippen LogP contribution is -2.31. The first-order chi connectivity index (χ1) is 7.34. The first-order valence-corrected chi connectivity index (χ1v) is 6.48. The maximum absolute atomic E-state index is 12.0. The van der Waals surface area contributed by atoms with Crippen LogP contribution in [0.15, 0.2) is 17.3 Å². The van der Waals surface area contributed by atoms with Crippen LogP contribution in [0.3, 0.4) is 0 Å². The van der Waals surface area contributed by atoms with Crippen molar-refractivity contribution in [2.75, 3.05) is 13.6 Å². The van der Waals surface area contributed by atoms with Gasteiger partial charge in [-0.1, -0.05) is 0 Å².